The van der Waals surface area contributed by atoms with E-state index in [0.717, 1.165) is 6.54 Å². The number of rotatable bonds is 9. The first-order valence-corrected chi connectivity index (χ1v) is 10.7. The van der Waals surface area contributed by atoms with Crippen LogP contribution < -0.4 is 10.6 Å². The number of halogens is 1. The molecule has 0 spiro atoms. The van der Waals surface area contributed by atoms with Crippen LogP contribution in [0.15, 0.2) is 22.5 Å². The van der Waals surface area contributed by atoms with Crippen molar-refractivity contribution in [2.24, 2.45) is 4.99 Å². The summed E-state index contributed by atoms with van der Waals surface area (Å²) in [6, 6.07) is 4.17. The molecule has 146 valence electrons. The molecule has 9 heteroatoms. The fourth-order valence-corrected chi connectivity index (χ4v) is 4.58. The van der Waals surface area contributed by atoms with Crippen LogP contribution in [0.3, 0.4) is 0 Å². The van der Waals surface area contributed by atoms with Crippen molar-refractivity contribution in [3.05, 3.63) is 22.4 Å². The lowest BCUT2D eigenvalue weighted by molar-refractivity contribution is 0.445. The lowest BCUT2D eigenvalue weighted by Crippen LogP contribution is -2.45. The Labute approximate surface area is 173 Å². The Hall–Kier alpha value is -0.390. The highest BCUT2D eigenvalue weighted by Crippen LogP contribution is 2.26. The average Bonchev–Trinajstić information content (AvgIpc) is 3.06. The maximum absolute atomic E-state index is 12.2. The number of sulfonamides is 1. The van der Waals surface area contributed by atoms with Gasteiger partial charge in [-0.3, -0.25) is 4.99 Å². The van der Waals surface area contributed by atoms with Crippen LogP contribution in [0, 0.1) is 0 Å². The van der Waals surface area contributed by atoms with E-state index in [1.807, 2.05) is 19.9 Å². The molecular weight excluding hydrogens is 471 g/mol. The summed E-state index contributed by atoms with van der Waals surface area (Å²) in [4.78, 5) is 5.47. The van der Waals surface area contributed by atoms with Crippen molar-refractivity contribution in [2.45, 2.75) is 33.1 Å². The fourth-order valence-electron chi connectivity index (χ4n) is 2.32. The summed E-state index contributed by atoms with van der Waals surface area (Å²) in [5.74, 6) is 0.679. The maximum Gasteiger partial charge on any atom is 0.215 e. The standard InChI is InChI=1S/C16H30N4O2S2.HI/c1-6-20(7-2)24(21,22)12-10-18-15(17-5)19-13-16(3,4)14-9-8-11-23-14;/h8-9,11H,6-7,10,12-13H2,1-5H3,(H2,17,18,19);1H. The van der Waals surface area contributed by atoms with Crippen molar-refractivity contribution in [3.63, 3.8) is 0 Å². The van der Waals surface area contributed by atoms with E-state index < -0.39 is 10.0 Å². The van der Waals surface area contributed by atoms with E-state index in [1.54, 1.807) is 18.4 Å². The monoisotopic (exact) mass is 502 g/mol. The largest absolute Gasteiger partial charge is 0.356 e. The minimum absolute atomic E-state index is 0. The van der Waals surface area contributed by atoms with Crippen molar-refractivity contribution in [3.8, 4) is 0 Å². The number of hydrogen-bond donors (Lipinski definition) is 2. The van der Waals surface area contributed by atoms with Gasteiger partial charge in [-0.2, -0.15) is 0 Å². The zero-order valence-corrected chi connectivity index (χ0v) is 19.7. The fraction of sp³-hybridized carbons (Fsp3) is 0.688. The number of thiophene rings is 1. The Morgan fingerprint density at radius 3 is 2.40 bits per heavy atom. The van der Waals surface area contributed by atoms with Gasteiger partial charge in [0, 0.05) is 43.5 Å². The maximum atomic E-state index is 12.2. The van der Waals surface area contributed by atoms with Gasteiger partial charge < -0.3 is 10.6 Å². The molecule has 0 saturated heterocycles. The summed E-state index contributed by atoms with van der Waals surface area (Å²) < 4.78 is 25.8. The Morgan fingerprint density at radius 2 is 1.92 bits per heavy atom. The Kier molecular flexibility index (Phi) is 11.2. The van der Waals surface area contributed by atoms with Gasteiger partial charge in [-0.25, -0.2) is 12.7 Å². The summed E-state index contributed by atoms with van der Waals surface area (Å²) >= 11 is 1.73. The van der Waals surface area contributed by atoms with Gasteiger partial charge in [0.1, 0.15) is 0 Å². The van der Waals surface area contributed by atoms with Gasteiger partial charge in [0.2, 0.25) is 10.0 Å². The quantitative estimate of drug-likeness (QED) is 0.309. The van der Waals surface area contributed by atoms with Gasteiger partial charge in [-0.15, -0.1) is 35.3 Å². The Bertz CT molecular complexity index is 612. The molecule has 0 aromatic carbocycles. The van der Waals surface area contributed by atoms with Crippen LogP contribution in [0.1, 0.15) is 32.6 Å². The lowest BCUT2D eigenvalue weighted by atomic mass is 9.91. The molecule has 6 nitrogen and oxygen atoms in total. The highest BCUT2D eigenvalue weighted by Gasteiger charge is 2.22. The van der Waals surface area contributed by atoms with Gasteiger partial charge in [-0.05, 0) is 11.4 Å². The first-order valence-electron chi connectivity index (χ1n) is 8.23. The van der Waals surface area contributed by atoms with E-state index in [1.165, 1.54) is 9.18 Å². The summed E-state index contributed by atoms with van der Waals surface area (Å²) in [5, 5.41) is 8.43. The van der Waals surface area contributed by atoms with Crippen molar-refractivity contribution in [1.82, 2.24) is 14.9 Å². The van der Waals surface area contributed by atoms with Crippen LogP contribution in [0.4, 0.5) is 0 Å². The average molecular weight is 502 g/mol. The number of hydrogen-bond acceptors (Lipinski definition) is 4. The van der Waals surface area contributed by atoms with Crippen LogP contribution in [-0.2, 0) is 15.4 Å². The molecule has 0 bridgehead atoms. The van der Waals surface area contributed by atoms with Crippen LogP contribution in [0.25, 0.3) is 0 Å². The van der Waals surface area contributed by atoms with Gasteiger partial charge in [0.25, 0.3) is 0 Å². The molecule has 0 saturated carbocycles. The van der Waals surface area contributed by atoms with E-state index in [0.29, 0.717) is 25.6 Å². The second kappa shape index (κ2) is 11.3. The minimum atomic E-state index is -3.22. The second-order valence-electron chi connectivity index (χ2n) is 6.11. The van der Waals surface area contributed by atoms with E-state index in [-0.39, 0.29) is 35.1 Å². The second-order valence-corrected chi connectivity index (χ2v) is 9.15. The first-order chi connectivity index (χ1) is 11.3. The molecule has 0 aliphatic rings. The number of nitrogens with zero attached hydrogens (tertiary/aromatic N) is 2. The van der Waals surface area contributed by atoms with Gasteiger partial charge in [0.15, 0.2) is 5.96 Å². The molecule has 0 aliphatic heterocycles. The van der Waals surface area contributed by atoms with Gasteiger partial charge in [-0.1, -0.05) is 33.8 Å². The molecule has 1 aromatic rings. The third-order valence-corrected chi connectivity index (χ3v) is 7.12. The van der Waals surface area contributed by atoms with E-state index in [2.05, 4.69) is 40.9 Å². The first kappa shape index (κ1) is 24.6. The predicted molar refractivity (Wildman–Crippen MR) is 119 cm³/mol. The zero-order chi connectivity index (χ0) is 18.2. The number of guanidine groups is 1. The van der Waals surface area contributed by atoms with Crippen LogP contribution in [0.5, 0.6) is 0 Å². The molecule has 0 unspecified atom stereocenters. The molecule has 25 heavy (non-hydrogen) atoms. The van der Waals surface area contributed by atoms with E-state index in [9.17, 15) is 8.42 Å². The molecule has 1 heterocycles. The zero-order valence-electron chi connectivity index (χ0n) is 15.7. The topological polar surface area (TPSA) is 73.8 Å². The normalized spacial score (nSPS) is 12.8. The summed E-state index contributed by atoms with van der Waals surface area (Å²) in [6.45, 7) is 10.1. The minimum Gasteiger partial charge on any atom is -0.356 e. The third kappa shape index (κ3) is 7.79. The van der Waals surface area contributed by atoms with Crippen LogP contribution >= 0.6 is 35.3 Å². The molecule has 1 aromatic heterocycles. The third-order valence-electron chi connectivity index (χ3n) is 3.86. The lowest BCUT2D eigenvalue weighted by Gasteiger charge is -2.25. The molecule has 2 N–H and O–H groups in total. The molecule has 0 aliphatic carbocycles. The van der Waals surface area contributed by atoms with Crippen molar-refractivity contribution in [1.29, 1.82) is 0 Å². The van der Waals surface area contributed by atoms with Crippen molar-refractivity contribution in [2.75, 3.05) is 39.0 Å². The summed E-state index contributed by atoms with van der Waals surface area (Å²) in [5.41, 5.74) is -0.0148. The highest BCUT2D eigenvalue weighted by atomic mass is 127. The summed E-state index contributed by atoms with van der Waals surface area (Å²) in [6.07, 6.45) is 0. The van der Waals surface area contributed by atoms with Crippen LogP contribution in [0.2, 0.25) is 0 Å². The van der Waals surface area contributed by atoms with Gasteiger partial charge >= 0.3 is 0 Å². The number of nitrogens with one attached hydrogen (secondary N) is 2. The van der Waals surface area contributed by atoms with E-state index in [4.69, 9.17) is 0 Å². The van der Waals surface area contributed by atoms with Crippen molar-refractivity contribution >= 4 is 51.3 Å². The smallest absolute Gasteiger partial charge is 0.215 e. The molecule has 0 radical (unpaired) electrons. The summed E-state index contributed by atoms with van der Waals surface area (Å²) in [7, 11) is -1.53. The predicted octanol–water partition coefficient (Wildman–Crippen LogP) is 2.48. The number of aliphatic imine (C=N–C) groups is 1. The van der Waals surface area contributed by atoms with Gasteiger partial charge in [0.05, 0.1) is 5.75 Å². The molecule has 0 fully saturated rings. The highest BCUT2D eigenvalue weighted by molar-refractivity contribution is 14.0. The molecule has 1 rings (SSSR count). The van der Waals surface area contributed by atoms with E-state index >= 15 is 0 Å². The van der Waals surface area contributed by atoms with Crippen molar-refractivity contribution < 1.29 is 8.42 Å². The Balaban J connectivity index is 0.00000576. The molecular formula is C16H31IN4O2S2. The van der Waals surface area contributed by atoms with Crippen LogP contribution in [-0.4, -0.2) is 57.7 Å². The SMILES string of the molecule is CCN(CC)S(=O)(=O)CCNC(=NC)NCC(C)(C)c1cccs1.I. The molecule has 0 atom stereocenters. The Morgan fingerprint density at radius 1 is 1.28 bits per heavy atom. The molecule has 0 amide bonds.